The second-order valence-corrected chi connectivity index (χ2v) is 4.11. The van der Waals surface area contributed by atoms with Crippen molar-refractivity contribution in [2.24, 2.45) is 5.10 Å². The maximum Gasteiger partial charge on any atom is 0.291 e. The molecule has 3 rings (SSSR count). The first-order valence-electron chi connectivity index (χ1n) is 6.13. The van der Waals surface area contributed by atoms with Crippen molar-refractivity contribution < 1.29 is 9.42 Å². The Bertz CT molecular complexity index is 807. The molecule has 3 N–H and O–H groups in total. The van der Waals surface area contributed by atoms with Gasteiger partial charge in [0, 0.05) is 0 Å². The molecule has 22 heavy (non-hydrogen) atoms. The first-order valence-corrected chi connectivity index (χ1v) is 6.13. The van der Waals surface area contributed by atoms with Gasteiger partial charge in [-0.2, -0.15) is 9.78 Å². The molecule has 2 aromatic heterocycles. The molecule has 0 radical (unpaired) electrons. The summed E-state index contributed by atoms with van der Waals surface area (Å²) >= 11 is 0. The molecule has 0 bridgehead atoms. The Hall–Kier alpha value is -3.56. The van der Waals surface area contributed by atoms with Gasteiger partial charge in [-0.15, -0.1) is 5.10 Å². The molecule has 0 aliphatic carbocycles. The monoisotopic (exact) mass is 298 g/mol. The van der Waals surface area contributed by atoms with Gasteiger partial charge in [0.05, 0.1) is 12.4 Å². The second-order valence-electron chi connectivity index (χ2n) is 4.11. The van der Waals surface area contributed by atoms with Gasteiger partial charge in [0.25, 0.3) is 5.91 Å². The van der Waals surface area contributed by atoms with E-state index in [-0.39, 0.29) is 17.3 Å². The Labute approximate surface area is 123 Å². The standard InChI is InChI=1S/C12H10N8O2/c13-10-11(18-22-17-10)20-9(7-15-19-20)12(21)16-14-6-8-4-2-1-3-5-8/h1-7H,(H2,13,17)(H,16,21)/b14-6+. The number of aromatic nitrogens is 5. The van der Waals surface area contributed by atoms with E-state index in [2.05, 4.69) is 35.8 Å². The summed E-state index contributed by atoms with van der Waals surface area (Å²) in [6, 6.07) is 9.31. The molecular formula is C12H10N8O2. The molecule has 0 saturated carbocycles. The molecule has 10 nitrogen and oxygen atoms in total. The predicted octanol–water partition coefficient (Wildman–Crippen LogP) is -0.00360. The topological polar surface area (TPSA) is 137 Å². The summed E-state index contributed by atoms with van der Waals surface area (Å²) in [5.74, 6) is -0.457. The van der Waals surface area contributed by atoms with E-state index in [0.29, 0.717) is 0 Å². The molecule has 0 spiro atoms. The highest BCUT2D eigenvalue weighted by Crippen LogP contribution is 2.12. The summed E-state index contributed by atoms with van der Waals surface area (Å²) < 4.78 is 5.58. The summed E-state index contributed by atoms with van der Waals surface area (Å²) in [4.78, 5) is 12.1. The molecule has 2 heterocycles. The quantitative estimate of drug-likeness (QED) is 0.510. The van der Waals surface area contributed by atoms with Crippen molar-refractivity contribution in [1.82, 2.24) is 30.7 Å². The number of hydrogen-bond acceptors (Lipinski definition) is 8. The number of hydrogen-bond donors (Lipinski definition) is 2. The van der Waals surface area contributed by atoms with Gasteiger partial charge < -0.3 is 5.73 Å². The number of rotatable bonds is 4. The summed E-state index contributed by atoms with van der Waals surface area (Å²) in [5.41, 5.74) is 8.86. The molecule has 0 atom stereocenters. The van der Waals surface area contributed by atoms with Crippen molar-refractivity contribution in [1.29, 1.82) is 0 Å². The molecule has 1 aromatic carbocycles. The van der Waals surface area contributed by atoms with Gasteiger partial charge in [-0.3, -0.25) is 4.79 Å². The van der Waals surface area contributed by atoms with Crippen LogP contribution in [-0.2, 0) is 0 Å². The molecule has 0 aliphatic rings. The minimum absolute atomic E-state index is 0.00710. The molecule has 0 saturated heterocycles. The van der Waals surface area contributed by atoms with E-state index < -0.39 is 5.91 Å². The van der Waals surface area contributed by atoms with Crippen LogP contribution in [0.4, 0.5) is 5.82 Å². The number of nitrogens with two attached hydrogens (primary N) is 1. The average Bonchev–Trinajstić information content (AvgIpc) is 3.16. The third kappa shape index (κ3) is 2.65. The number of hydrazone groups is 1. The lowest BCUT2D eigenvalue weighted by atomic mass is 10.2. The van der Waals surface area contributed by atoms with E-state index in [1.54, 1.807) is 0 Å². The number of carbonyl (C=O) groups is 1. The maximum atomic E-state index is 12.1. The lowest BCUT2D eigenvalue weighted by molar-refractivity contribution is 0.0947. The van der Waals surface area contributed by atoms with Gasteiger partial charge in [0.2, 0.25) is 11.6 Å². The van der Waals surface area contributed by atoms with Crippen molar-refractivity contribution in [3.63, 3.8) is 0 Å². The molecule has 10 heteroatoms. The fraction of sp³-hybridized carbons (Fsp3) is 0. The Morgan fingerprint density at radius 1 is 1.32 bits per heavy atom. The minimum Gasteiger partial charge on any atom is -0.378 e. The van der Waals surface area contributed by atoms with E-state index >= 15 is 0 Å². The highest BCUT2D eigenvalue weighted by molar-refractivity contribution is 5.93. The predicted molar refractivity (Wildman–Crippen MR) is 75.1 cm³/mol. The number of nitrogens with zero attached hydrogens (tertiary/aromatic N) is 6. The Balaban J connectivity index is 1.75. The fourth-order valence-corrected chi connectivity index (χ4v) is 1.65. The van der Waals surface area contributed by atoms with Crippen LogP contribution in [0.3, 0.4) is 0 Å². The average molecular weight is 298 g/mol. The van der Waals surface area contributed by atoms with E-state index in [1.165, 1.54) is 12.4 Å². The lowest BCUT2D eigenvalue weighted by Crippen LogP contribution is -2.21. The van der Waals surface area contributed by atoms with Crippen LogP contribution in [-0.4, -0.2) is 37.4 Å². The van der Waals surface area contributed by atoms with Gasteiger partial charge in [0.1, 0.15) is 0 Å². The van der Waals surface area contributed by atoms with Gasteiger partial charge in [-0.05, 0) is 15.9 Å². The Morgan fingerprint density at radius 2 is 2.14 bits per heavy atom. The molecule has 0 fully saturated rings. The van der Waals surface area contributed by atoms with E-state index in [4.69, 9.17) is 5.73 Å². The SMILES string of the molecule is Nc1nonc1-n1nncc1C(=O)N/N=C/c1ccccc1. The van der Waals surface area contributed by atoms with Crippen LogP contribution >= 0.6 is 0 Å². The summed E-state index contributed by atoms with van der Waals surface area (Å²) in [7, 11) is 0. The number of amides is 1. The number of nitrogen functional groups attached to an aromatic ring is 1. The van der Waals surface area contributed by atoms with Crippen LogP contribution in [0.2, 0.25) is 0 Å². The van der Waals surface area contributed by atoms with Gasteiger partial charge in [-0.25, -0.2) is 10.1 Å². The lowest BCUT2D eigenvalue weighted by Gasteiger charge is -2.00. The molecule has 3 aromatic rings. The van der Waals surface area contributed by atoms with Crippen LogP contribution < -0.4 is 11.2 Å². The van der Waals surface area contributed by atoms with Crippen LogP contribution in [0, 0.1) is 0 Å². The summed E-state index contributed by atoms with van der Waals surface area (Å²) in [6.45, 7) is 0. The van der Waals surface area contributed by atoms with Gasteiger partial charge in [0.15, 0.2) is 5.69 Å². The third-order valence-electron chi connectivity index (χ3n) is 2.66. The second kappa shape index (κ2) is 5.83. The minimum atomic E-state index is -0.528. The van der Waals surface area contributed by atoms with Crippen molar-refractivity contribution in [2.45, 2.75) is 0 Å². The fourth-order valence-electron chi connectivity index (χ4n) is 1.65. The largest absolute Gasteiger partial charge is 0.378 e. The van der Waals surface area contributed by atoms with Crippen LogP contribution in [0.25, 0.3) is 5.82 Å². The highest BCUT2D eigenvalue weighted by Gasteiger charge is 2.19. The van der Waals surface area contributed by atoms with Crippen molar-refractivity contribution in [2.75, 3.05) is 5.73 Å². The first-order chi connectivity index (χ1) is 10.8. The Kier molecular flexibility index (Phi) is 3.56. The van der Waals surface area contributed by atoms with Crippen molar-refractivity contribution in [3.05, 3.63) is 47.8 Å². The molecule has 1 amide bonds. The van der Waals surface area contributed by atoms with Crippen molar-refractivity contribution in [3.8, 4) is 5.82 Å². The maximum absolute atomic E-state index is 12.1. The van der Waals surface area contributed by atoms with Gasteiger partial charge in [-0.1, -0.05) is 35.5 Å². The van der Waals surface area contributed by atoms with Crippen LogP contribution in [0.15, 0.2) is 46.3 Å². The number of benzene rings is 1. The van der Waals surface area contributed by atoms with Crippen molar-refractivity contribution >= 4 is 17.9 Å². The van der Waals surface area contributed by atoms with Crippen LogP contribution in [0.1, 0.15) is 16.1 Å². The normalized spacial score (nSPS) is 10.9. The smallest absolute Gasteiger partial charge is 0.291 e. The number of nitrogens with one attached hydrogen (secondary N) is 1. The molecule has 110 valence electrons. The zero-order valence-corrected chi connectivity index (χ0v) is 11.1. The molecular weight excluding hydrogens is 288 g/mol. The van der Waals surface area contributed by atoms with E-state index in [9.17, 15) is 4.79 Å². The first kappa shape index (κ1) is 13.4. The molecule has 0 aliphatic heterocycles. The van der Waals surface area contributed by atoms with Gasteiger partial charge >= 0.3 is 0 Å². The zero-order chi connectivity index (χ0) is 15.4. The third-order valence-corrected chi connectivity index (χ3v) is 2.66. The number of anilines is 1. The van der Waals surface area contributed by atoms with E-state index in [0.717, 1.165) is 10.2 Å². The summed E-state index contributed by atoms with van der Waals surface area (Å²) in [5, 5.41) is 18.2. The summed E-state index contributed by atoms with van der Waals surface area (Å²) in [6.07, 6.45) is 2.76. The highest BCUT2D eigenvalue weighted by atomic mass is 16.6. The van der Waals surface area contributed by atoms with Crippen LogP contribution in [0.5, 0.6) is 0 Å². The van der Waals surface area contributed by atoms with E-state index in [1.807, 2.05) is 30.3 Å². The zero-order valence-electron chi connectivity index (χ0n) is 11.1. The molecule has 0 unspecified atom stereocenters. The Morgan fingerprint density at radius 3 is 2.86 bits per heavy atom. The number of carbonyl (C=O) groups excluding carboxylic acids is 1.